The molecule has 0 bridgehead atoms. The summed E-state index contributed by atoms with van der Waals surface area (Å²) in [4.78, 5) is 4.27. The van der Waals surface area contributed by atoms with Crippen molar-refractivity contribution in [3.05, 3.63) is 29.6 Å². The number of aromatic nitrogens is 1. The summed E-state index contributed by atoms with van der Waals surface area (Å²) < 4.78 is 5.93. The molecule has 0 saturated heterocycles. The Morgan fingerprint density at radius 1 is 1.53 bits per heavy atom. The van der Waals surface area contributed by atoms with E-state index in [0.29, 0.717) is 11.2 Å². The maximum Gasteiger partial charge on any atom is 0.203 e. The van der Waals surface area contributed by atoms with Crippen molar-refractivity contribution in [3.8, 4) is 6.07 Å². The molecule has 0 aliphatic heterocycles. The molecule has 0 aliphatic rings. The Hall–Kier alpha value is -0.893. The highest BCUT2D eigenvalue weighted by atomic mass is 35.5. The molecule has 0 fully saturated rings. The minimum atomic E-state index is -2.03. The number of aryl methyl sites for hydroxylation is 1. The van der Waals surface area contributed by atoms with Crippen LogP contribution in [0.2, 0.25) is 13.1 Å². The van der Waals surface area contributed by atoms with Gasteiger partial charge in [-0.1, -0.05) is 6.07 Å². The van der Waals surface area contributed by atoms with Crippen LogP contribution in [0.25, 0.3) is 0 Å². The summed E-state index contributed by atoms with van der Waals surface area (Å²) in [5.41, 5.74) is 1.13. The zero-order valence-corrected chi connectivity index (χ0v) is 12.4. The van der Waals surface area contributed by atoms with Gasteiger partial charge in [-0.15, -0.1) is 11.6 Å². The molecular formula is C12H17ClN2OSi. The van der Waals surface area contributed by atoms with E-state index in [-0.39, 0.29) is 0 Å². The number of nitriles is 1. The lowest BCUT2D eigenvalue weighted by molar-refractivity contribution is 0.135. The maximum atomic E-state index is 9.33. The van der Waals surface area contributed by atoms with Gasteiger partial charge in [0.1, 0.15) is 6.07 Å². The van der Waals surface area contributed by atoms with Crippen molar-refractivity contribution in [2.24, 2.45) is 0 Å². The second kappa shape index (κ2) is 5.17. The van der Waals surface area contributed by atoms with E-state index in [1.165, 1.54) is 0 Å². The molecule has 17 heavy (non-hydrogen) atoms. The van der Waals surface area contributed by atoms with E-state index in [1.54, 1.807) is 13.1 Å². The molecule has 0 N–H and O–H groups in total. The number of rotatable bonds is 4. The highest BCUT2D eigenvalue weighted by molar-refractivity contribution is 6.77. The zero-order valence-electron chi connectivity index (χ0n) is 10.6. The molecule has 0 radical (unpaired) electrons. The van der Waals surface area contributed by atoms with Gasteiger partial charge in [-0.3, -0.25) is 4.98 Å². The Labute approximate surface area is 109 Å². The highest BCUT2D eigenvalue weighted by Gasteiger charge is 2.36. The average Bonchev–Trinajstić information content (AvgIpc) is 2.29. The van der Waals surface area contributed by atoms with Crippen molar-refractivity contribution in [2.75, 3.05) is 5.50 Å². The number of hydrogen-bond donors (Lipinski definition) is 0. The first-order chi connectivity index (χ1) is 7.83. The Bertz CT molecular complexity index is 427. The van der Waals surface area contributed by atoms with Crippen LogP contribution in [0.15, 0.2) is 18.3 Å². The van der Waals surface area contributed by atoms with E-state index in [4.69, 9.17) is 16.0 Å². The predicted octanol–water partition coefficient (Wildman–Crippen LogP) is 3.13. The van der Waals surface area contributed by atoms with E-state index in [2.05, 4.69) is 11.1 Å². The fourth-order valence-corrected chi connectivity index (χ4v) is 2.94. The summed E-state index contributed by atoms with van der Waals surface area (Å²) in [5, 5.41) is 9.33. The Kier molecular flexibility index (Phi) is 4.31. The fraction of sp³-hybridized carbons (Fsp3) is 0.500. The van der Waals surface area contributed by atoms with Crippen molar-refractivity contribution in [1.82, 2.24) is 4.98 Å². The number of pyridine rings is 1. The monoisotopic (exact) mass is 268 g/mol. The van der Waals surface area contributed by atoms with Crippen LogP contribution in [0.4, 0.5) is 0 Å². The van der Waals surface area contributed by atoms with Crippen LogP contribution in [-0.4, -0.2) is 18.8 Å². The van der Waals surface area contributed by atoms with Crippen LogP contribution in [-0.2, 0) is 10.0 Å². The van der Waals surface area contributed by atoms with Crippen LogP contribution in [0.1, 0.15) is 18.2 Å². The maximum absolute atomic E-state index is 9.33. The van der Waals surface area contributed by atoms with Crippen LogP contribution in [0.3, 0.4) is 0 Å². The molecular weight excluding hydrogens is 252 g/mol. The minimum Gasteiger partial charge on any atom is -0.394 e. The number of halogens is 1. The molecule has 0 amide bonds. The topological polar surface area (TPSA) is 45.9 Å². The van der Waals surface area contributed by atoms with Crippen LogP contribution < -0.4 is 0 Å². The first-order valence-corrected chi connectivity index (χ1v) is 9.08. The van der Waals surface area contributed by atoms with Gasteiger partial charge in [0.05, 0.1) is 5.69 Å². The summed E-state index contributed by atoms with van der Waals surface area (Å²) in [6.45, 7) is 7.68. The van der Waals surface area contributed by atoms with Gasteiger partial charge in [0.15, 0.2) is 5.60 Å². The molecule has 1 aromatic heterocycles. The van der Waals surface area contributed by atoms with Crippen molar-refractivity contribution < 1.29 is 4.43 Å². The van der Waals surface area contributed by atoms with E-state index in [1.807, 2.05) is 32.2 Å². The number of alkyl halides is 1. The third-order valence-electron chi connectivity index (χ3n) is 2.42. The Balaban J connectivity index is 3.05. The lowest BCUT2D eigenvalue weighted by atomic mass is 10.0. The van der Waals surface area contributed by atoms with Crippen molar-refractivity contribution in [2.45, 2.75) is 32.5 Å². The highest BCUT2D eigenvalue weighted by Crippen LogP contribution is 2.27. The molecule has 1 heterocycles. The van der Waals surface area contributed by atoms with Gasteiger partial charge in [0.2, 0.25) is 8.32 Å². The van der Waals surface area contributed by atoms with Gasteiger partial charge >= 0.3 is 0 Å². The quantitative estimate of drug-likeness (QED) is 0.623. The van der Waals surface area contributed by atoms with E-state index < -0.39 is 13.9 Å². The van der Waals surface area contributed by atoms with E-state index in [9.17, 15) is 5.26 Å². The molecule has 0 saturated carbocycles. The standard InChI is InChI=1S/C12H17ClN2OSi/c1-10-5-6-11(15-7-10)12(2,8-14)16-17(3,4)9-13/h5-7H,9H2,1-4H3. The van der Waals surface area contributed by atoms with Gasteiger partial charge in [-0.25, -0.2) is 0 Å². The molecule has 0 spiro atoms. The second-order valence-electron chi connectivity index (χ2n) is 4.86. The minimum absolute atomic E-state index is 0.454. The van der Waals surface area contributed by atoms with Gasteiger partial charge in [-0.05, 0) is 38.6 Å². The normalized spacial score (nSPS) is 15.1. The molecule has 1 atom stereocenters. The zero-order chi connectivity index (χ0) is 13.1. The van der Waals surface area contributed by atoms with Gasteiger partial charge in [0.25, 0.3) is 0 Å². The number of nitrogens with zero attached hydrogens (tertiary/aromatic N) is 2. The SMILES string of the molecule is Cc1ccc(C(C)(C#N)O[Si](C)(C)CCl)nc1. The molecule has 3 nitrogen and oxygen atoms in total. The van der Waals surface area contributed by atoms with Crippen LogP contribution in [0.5, 0.6) is 0 Å². The lowest BCUT2D eigenvalue weighted by Crippen LogP contribution is -2.42. The van der Waals surface area contributed by atoms with Gasteiger partial charge in [0, 0.05) is 11.7 Å². The molecule has 0 aliphatic carbocycles. The van der Waals surface area contributed by atoms with Gasteiger partial charge in [-0.2, -0.15) is 5.26 Å². The first kappa shape index (κ1) is 14.2. The molecule has 1 unspecified atom stereocenters. The molecule has 92 valence electrons. The lowest BCUT2D eigenvalue weighted by Gasteiger charge is -2.31. The molecule has 0 aromatic carbocycles. The van der Waals surface area contributed by atoms with E-state index >= 15 is 0 Å². The van der Waals surface area contributed by atoms with Crippen molar-refractivity contribution >= 4 is 19.9 Å². The first-order valence-electron chi connectivity index (χ1n) is 5.43. The third-order valence-corrected chi connectivity index (χ3v) is 5.95. The fourth-order valence-electron chi connectivity index (χ4n) is 1.46. The van der Waals surface area contributed by atoms with E-state index in [0.717, 1.165) is 5.56 Å². The third kappa shape index (κ3) is 3.53. The average molecular weight is 269 g/mol. The van der Waals surface area contributed by atoms with Crippen molar-refractivity contribution in [1.29, 1.82) is 5.26 Å². The van der Waals surface area contributed by atoms with Crippen molar-refractivity contribution in [3.63, 3.8) is 0 Å². The predicted molar refractivity (Wildman–Crippen MR) is 71.2 cm³/mol. The number of hydrogen-bond acceptors (Lipinski definition) is 3. The van der Waals surface area contributed by atoms with Gasteiger partial charge < -0.3 is 4.43 Å². The summed E-state index contributed by atoms with van der Waals surface area (Å²) in [7, 11) is -2.03. The smallest absolute Gasteiger partial charge is 0.203 e. The Morgan fingerprint density at radius 2 is 2.18 bits per heavy atom. The molecule has 1 aromatic rings. The summed E-state index contributed by atoms with van der Waals surface area (Å²) in [6, 6.07) is 5.95. The van der Waals surface area contributed by atoms with Crippen LogP contribution in [0, 0.1) is 18.3 Å². The summed E-state index contributed by atoms with van der Waals surface area (Å²) >= 11 is 5.88. The Morgan fingerprint density at radius 3 is 2.59 bits per heavy atom. The molecule has 5 heteroatoms. The largest absolute Gasteiger partial charge is 0.394 e. The van der Waals surface area contributed by atoms with Crippen LogP contribution >= 0.6 is 11.6 Å². The summed E-state index contributed by atoms with van der Waals surface area (Å²) in [5.74, 6) is 0. The molecule has 1 rings (SSSR count). The second-order valence-corrected chi connectivity index (χ2v) is 9.65. The summed E-state index contributed by atoms with van der Waals surface area (Å²) in [6.07, 6.45) is 1.74.